The number of likely N-dealkylation sites (tertiary alicyclic amines) is 1. The van der Waals surface area contributed by atoms with Crippen molar-refractivity contribution in [3.63, 3.8) is 0 Å². The third kappa shape index (κ3) is 2.34. The Balaban J connectivity index is 1.82. The maximum absolute atomic E-state index is 6.33. The zero-order valence-electron chi connectivity index (χ0n) is 12.8. The second kappa shape index (κ2) is 5.01. The van der Waals surface area contributed by atoms with Crippen LogP contribution in [0.25, 0.3) is 0 Å². The molecule has 19 heavy (non-hydrogen) atoms. The van der Waals surface area contributed by atoms with Gasteiger partial charge < -0.3 is 5.73 Å². The average molecular weight is 265 g/mol. The van der Waals surface area contributed by atoms with E-state index in [-0.39, 0.29) is 5.54 Å². The van der Waals surface area contributed by atoms with E-state index < -0.39 is 0 Å². The highest BCUT2D eigenvalue weighted by Gasteiger charge is 2.51. The summed E-state index contributed by atoms with van der Waals surface area (Å²) in [5.74, 6) is 0. The summed E-state index contributed by atoms with van der Waals surface area (Å²) in [7, 11) is 0. The monoisotopic (exact) mass is 265 g/mol. The minimum absolute atomic E-state index is 0.290. The van der Waals surface area contributed by atoms with Crippen molar-refractivity contribution in [1.82, 2.24) is 9.80 Å². The molecule has 3 rings (SSSR count). The van der Waals surface area contributed by atoms with Crippen molar-refractivity contribution in [2.45, 2.75) is 64.0 Å². The zero-order chi connectivity index (χ0) is 13.5. The molecule has 110 valence electrons. The van der Waals surface area contributed by atoms with E-state index in [0.29, 0.717) is 5.41 Å². The Morgan fingerprint density at radius 2 is 1.89 bits per heavy atom. The van der Waals surface area contributed by atoms with Gasteiger partial charge in [0.1, 0.15) is 0 Å². The van der Waals surface area contributed by atoms with E-state index in [9.17, 15) is 0 Å². The van der Waals surface area contributed by atoms with Crippen LogP contribution in [0.2, 0.25) is 0 Å². The second-order valence-electron chi connectivity index (χ2n) is 7.79. The van der Waals surface area contributed by atoms with E-state index >= 15 is 0 Å². The molecule has 3 aliphatic heterocycles. The molecular weight excluding hydrogens is 234 g/mol. The highest BCUT2D eigenvalue weighted by Crippen LogP contribution is 2.42. The standard InChI is InChI=1S/C16H31N3/c1-15(2)7-5-10-19(13-15)16(12-17)8-11-18-9-4-3-6-14(16)18/h14H,3-13,17H2,1-2H3. The van der Waals surface area contributed by atoms with Crippen LogP contribution in [-0.2, 0) is 0 Å². The second-order valence-corrected chi connectivity index (χ2v) is 7.79. The molecule has 2 unspecified atom stereocenters. The van der Waals surface area contributed by atoms with E-state index in [1.165, 1.54) is 64.7 Å². The fourth-order valence-electron chi connectivity index (χ4n) is 4.91. The lowest BCUT2D eigenvalue weighted by Gasteiger charge is -2.52. The van der Waals surface area contributed by atoms with Crippen molar-refractivity contribution < 1.29 is 0 Å². The molecule has 0 spiro atoms. The van der Waals surface area contributed by atoms with Crippen LogP contribution in [0.15, 0.2) is 0 Å². The molecule has 3 nitrogen and oxygen atoms in total. The molecule has 3 saturated heterocycles. The fraction of sp³-hybridized carbons (Fsp3) is 1.00. The summed E-state index contributed by atoms with van der Waals surface area (Å²) in [6.45, 7) is 10.8. The molecule has 3 heteroatoms. The first kappa shape index (κ1) is 13.8. The Morgan fingerprint density at radius 1 is 1.05 bits per heavy atom. The van der Waals surface area contributed by atoms with Crippen LogP contribution >= 0.6 is 0 Å². The van der Waals surface area contributed by atoms with E-state index in [0.717, 1.165) is 12.6 Å². The Morgan fingerprint density at radius 3 is 2.63 bits per heavy atom. The molecular formula is C16H31N3. The van der Waals surface area contributed by atoms with Gasteiger partial charge in [-0.05, 0) is 50.6 Å². The normalized spacial score (nSPS) is 40.3. The van der Waals surface area contributed by atoms with E-state index in [1.54, 1.807) is 0 Å². The summed E-state index contributed by atoms with van der Waals surface area (Å²) in [6.07, 6.45) is 8.18. The first-order valence-electron chi connectivity index (χ1n) is 8.27. The zero-order valence-corrected chi connectivity index (χ0v) is 12.8. The van der Waals surface area contributed by atoms with Crippen LogP contribution in [0, 0.1) is 5.41 Å². The van der Waals surface area contributed by atoms with E-state index in [1.807, 2.05) is 0 Å². The Labute approximate surface area is 118 Å². The van der Waals surface area contributed by atoms with Crippen molar-refractivity contribution >= 4 is 0 Å². The lowest BCUT2D eigenvalue weighted by Crippen LogP contribution is -2.64. The SMILES string of the molecule is CC1(C)CCCN(C2(CN)CCN3CCCCC32)C1. The minimum Gasteiger partial charge on any atom is -0.329 e. The van der Waals surface area contributed by atoms with Crippen molar-refractivity contribution in [3.05, 3.63) is 0 Å². The van der Waals surface area contributed by atoms with Gasteiger partial charge in [-0.15, -0.1) is 0 Å². The van der Waals surface area contributed by atoms with Gasteiger partial charge in [-0.1, -0.05) is 20.3 Å². The molecule has 0 aliphatic carbocycles. The van der Waals surface area contributed by atoms with Gasteiger partial charge in [0.2, 0.25) is 0 Å². The molecule has 0 radical (unpaired) electrons. The summed E-state index contributed by atoms with van der Waals surface area (Å²) in [6, 6.07) is 0.736. The largest absolute Gasteiger partial charge is 0.329 e. The Bertz CT molecular complexity index is 328. The number of hydrogen-bond acceptors (Lipinski definition) is 3. The molecule has 0 amide bonds. The van der Waals surface area contributed by atoms with Crippen molar-refractivity contribution in [3.8, 4) is 0 Å². The molecule has 2 N–H and O–H groups in total. The third-order valence-electron chi connectivity index (χ3n) is 5.95. The molecule has 2 atom stereocenters. The van der Waals surface area contributed by atoms with Crippen LogP contribution in [0.3, 0.4) is 0 Å². The first-order chi connectivity index (χ1) is 9.07. The predicted octanol–water partition coefficient (Wildman–Crippen LogP) is 2.06. The maximum atomic E-state index is 6.33. The summed E-state index contributed by atoms with van der Waals surface area (Å²) >= 11 is 0. The molecule has 3 fully saturated rings. The summed E-state index contributed by atoms with van der Waals surface area (Å²) in [5.41, 5.74) is 7.09. The van der Waals surface area contributed by atoms with Crippen LogP contribution in [-0.4, -0.2) is 54.1 Å². The number of nitrogens with zero attached hydrogens (tertiary/aromatic N) is 2. The van der Waals surface area contributed by atoms with Gasteiger partial charge in [-0.3, -0.25) is 9.80 Å². The Hall–Kier alpha value is -0.120. The predicted molar refractivity (Wildman–Crippen MR) is 80.2 cm³/mol. The van der Waals surface area contributed by atoms with E-state index in [2.05, 4.69) is 23.6 Å². The summed E-state index contributed by atoms with van der Waals surface area (Å²) in [5, 5.41) is 0. The molecule has 0 aromatic carbocycles. The molecule has 0 aromatic heterocycles. The third-order valence-corrected chi connectivity index (χ3v) is 5.95. The Kier molecular flexibility index (Phi) is 3.65. The molecule has 0 aromatic rings. The number of piperidine rings is 2. The topological polar surface area (TPSA) is 32.5 Å². The van der Waals surface area contributed by atoms with Crippen LogP contribution in [0.4, 0.5) is 0 Å². The lowest BCUT2D eigenvalue weighted by atomic mass is 9.77. The van der Waals surface area contributed by atoms with Gasteiger partial charge >= 0.3 is 0 Å². The van der Waals surface area contributed by atoms with Crippen LogP contribution in [0.5, 0.6) is 0 Å². The van der Waals surface area contributed by atoms with Gasteiger partial charge in [0.25, 0.3) is 0 Å². The van der Waals surface area contributed by atoms with Crippen LogP contribution < -0.4 is 5.73 Å². The van der Waals surface area contributed by atoms with Gasteiger partial charge in [0, 0.05) is 31.2 Å². The van der Waals surface area contributed by atoms with E-state index in [4.69, 9.17) is 5.73 Å². The smallest absolute Gasteiger partial charge is 0.0499 e. The molecule has 3 aliphatic rings. The first-order valence-corrected chi connectivity index (χ1v) is 8.27. The average Bonchev–Trinajstić information content (AvgIpc) is 2.77. The van der Waals surface area contributed by atoms with Gasteiger partial charge in [0.15, 0.2) is 0 Å². The number of fused-ring (bicyclic) bond motifs is 1. The maximum Gasteiger partial charge on any atom is 0.0499 e. The van der Waals surface area contributed by atoms with Crippen molar-refractivity contribution in [1.29, 1.82) is 0 Å². The van der Waals surface area contributed by atoms with Gasteiger partial charge in [-0.2, -0.15) is 0 Å². The quantitative estimate of drug-likeness (QED) is 0.829. The molecule has 3 heterocycles. The number of nitrogens with two attached hydrogens (primary N) is 1. The summed E-state index contributed by atoms with van der Waals surface area (Å²) < 4.78 is 0. The molecule has 0 bridgehead atoms. The highest BCUT2D eigenvalue weighted by atomic mass is 15.3. The fourth-order valence-corrected chi connectivity index (χ4v) is 4.91. The van der Waals surface area contributed by atoms with Crippen LogP contribution in [0.1, 0.15) is 52.4 Å². The number of hydrogen-bond donors (Lipinski definition) is 1. The minimum atomic E-state index is 0.290. The lowest BCUT2D eigenvalue weighted by molar-refractivity contribution is -0.0115. The van der Waals surface area contributed by atoms with Gasteiger partial charge in [-0.25, -0.2) is 0 Å². The van der Waals surface area contributed by atoms with Crippen molar-refractivity contribution in [2.24, 2.45) is 11.1 Å². The van der Waals surface area contributed by atoms with Crippen molar-refractivity contribution in [2.75, 3.05) is 32.7 Å². The molecule has 0 saturated carbocycles. The highest BCUT2D eigenvalue weighted by molar-refractivity contribution is 5.10. The summed E-state index contributed by atoms with van der Waals surface area (Å²) in [4.78, 5) is 5.52. The number of rotatable bonds is 2. The van der Waals surface area contributed by atoms with Gasteiger partial charge in [0.05, 0.1) is 0 Å².